The zero-order chi connectivity index (χ0) is 18.4. The van der Waals surface area contributed by atoms with Crippen molar-refractivity contribution in [2.75, 3.05) is 11.9 Å². The van der Waals surface area contributed by atoms with Gasteiger partial charge in [-0.15, -0.1) is 0 Å². The van der Waals surface area contributed by atoms with Crippen molar-refractivity contribution >= 4 is 11.8 Å². The Hall–Kier alpha value is -2.49. The fourth-order valence-electron chi connectivity index (χ4n) is 2.59. The van der Waals surface area contributed by atoms with Gasteiger partial charge in [-0.05, 0) is 49.9 Å². The van der Waals surface area contributed by atoms with Crippen LogP contribution in [0.4, 0.5) is 10.5 Å². The molecule has 0 aliphatic rings. The molecule has 0 spiro atoms. The summed E-state index contributed by atoms with van der Waals surface area (Å²) in [6, 6.07) is 12.2. The number of ether oxygens (including phenoxy) is 2. The van der Waals surface area contributed by atoms with Gasteiger partial charge < -0.3 is 9.47 Å². The van der Waals surface area contributed by atoms with Crippen LogP contribution in [0.25, 0.3) is 0 Å². The molecule has 0 aromatic heterocycles. The fourth-order valence-corrected chi connectivity index (χ4v) is 2.59. The highest BCUT2D eigenvalue weighted by Gasteiger charge is 2.11. The molecule has 0 saturated heterocycles. The first-order chi connectivity index (χ1) is 11.9. The SMILES string of the molecule is CCOC(=O)Nc1cc(C(C)C)ccc1COc1ccc(C)cc1C. The minimum Gasteiger partial charge on any atom is -0.489 e. The van der Waals surface area contributed by atoms with Gasteiger partial charge in [0.05, 0.1) is 12.3 Å². The maximum absolute atomic E-state index is 11.8. The van der Waals surface area contributed by atoms with Gasteiger partial charge in [-0.3, -0.25) is 5.32 Å². The van der Waals surface area contributed by atoms with E-state index in [1.54, 1.807) is 6.92 Å². The van der Waals surface area contributed by atoms with Gasteiger partial charge in [0, 0.05) is 5.56 Å². The Morgan fingerprint density at radius 2 is 1.88 bits per heavy atom. The summed E-state index contributed by atoms with van der Waals surface area (Å²) in [4.78, 5) is 11.8. The summed E-state index contributed by atoms with van der Waals surface area (Å²) in [6.45, 7) is 10.8. The monoisotopic (exact) mass is 341 g/mol. The van der Waals surface area contributed by atoms with E-state index in [1.807, 2.05) is 31.2 Å². The van der Waals surface area contributed by atoms with E-state index in [4.69, 9.17) is 9.47 Å². The molecule has 4 nitrogen and oxygen atoms in total. The van der Waals surface area contributed by atoms with Crippen molar-refractivity contribution in [3.05, 3.63) is 58.7 Å². The molecule has 25 heavy (non-hydrogen) atoms. The zero-order valence-corrected chi connectivity index (χ0v) is 15.7. The van der Waals surface area contributed by atoms with Crippen molar-refractivity contribution in [3.8, 4) is 5.75 Å². The molecule has 0 unspecified atom stereocenters. The quantitative estimate of drug-likeness (QED) is 0.746. The molecule has 0 fully saturated rings. The Morgan fingerprint density at radius 3 is 2.52 bits per heavy atom. The van der Waals surface area contributed by atoms with Crippen LogP contribution in [-0.4, -0.2) is 12.7 Å². The summed E-state index contributed by atoms with van der Waals surface area (Å²) < 4.78 is 11.0. The standard InChI is InChI=1S/C21H27NO3/c1-6-24-21(23)22-19-12-17(14(2)3)8-9-18(19)13-25-20-10-7-15(4)11-16(20)5/h7-12,14H,6,13H2,1-5H3,(H,22,23). The van der Waals surface area contributed by atoms with Gasteiger partial charge in [0.15, 0.2) is 0 Å². The fraction of sp³-hybridized carbons (Fsp3) is 0.381. The van der Waals surface area contributed by atoms with Crippen molar-refractivity contribution in [1.82, 2.24) is 0 Å². The maximum Gasteiger partial charge on any atom is 0.411 e. The number of nitrogens with one attached hydrogen (secondary N) is 1. The zero-order valence-electron chi connectivity index (χ0n) is 15.7. The first-order valence-corrected chi connectivity index (χ1v) is 8.67. The van der Waals surface area contributed by atoms with Gasteiger partial charge in [0.1, 0.15) is 12.4 Å². The lowest BCUT2D eigenvalue weighted by molar-refractivity contribution is 0.168. The number of benzene rings is 2. The van der Waals surface area contributed by atoms with E-state index in [1.165, 1.54) is 5.56 Å². The van der Waals surface area contributed by atoms with Crippen LogP contribution in [0.15, 0.2) is 36.4 Å². The van der Waals surface area contributed by atoms with Gasteiger partial charge in [0.2, 0.25) is 0 Å². The molecule has 2 aromatic rings. The molecule has 2 rings (SSSR count). The number of carbonyl (C=O) groups excluding carboxylic acids is 1. The first-order valence-electron chi connectivity index (χ1n) is 8.67. The van der Waals surface area contributed by atoms with Crippen LogP contribution in [0, 0.1) is 13.8 Å². The number of amides is 1. The second-order valence-electron chi connectivity index (χ2n) is 6.47. The van der Waals surface area contributed by atoms with E-state index in [2.05, 4.69) is 38.2 Å². The van der Waals surface area contributed by atoms with E-state index >= 15 is 0 Å². The highest BCUT2D eigenvalue weighted by Crippen LogP contribution is 2.26. The van der Waals surface area contributed by atoms with E-state index in [0.717, 1.165) is 28.1 Å². The van der Waals surface area contributed by atoms with E-state index in [-0.39, 0.29) is 0 Å². The summed E-state index contributed by atoms with van der Waals surface area (Å²) in [7, 11) is 0. The lowest BCUT2D eigenvalue weighted by atomic mass is 10.0. The third-order valence-corrected chi connectivity index (χ3v) is 4.03. The van der Waals surface area contributed by atoms with Gasteiger partial charge in [-0.2, -0.15) is 0 Å². The molecule has 4 heteroatoms. The van der Waals surface area contributed by atoms with Crippen LogP contribution in [0.1, 0.15) is 48.9 Å². The third kappa shape index (κ3) is 5.24. The van der Waals surface area contributed by atoms with Crippen LogP contribution >= 0.6 is 0 Å². The average Bonchev–Trinajstić information content (AvgIpc) is 2.55. The number of aryl methyl sites for hydroxylation is 2. The van der Waals surface area contributed by atoms with Gasteiger partial charge >= 0.3 is 6.09 Å². The molecule has 0 saturated carbocycles. The van der Waals surface area contributed by atoms with Gasteiger partial charge in [0.25, 0.3) is 0 Å². The molecule has 0 radical (unpaired) electrons. The predicted molar refractivity (Wildman–Crippen MR) is 101 cm³/mol. The van der Waals surface area contributed by atoms with Crippen LogP contribution < -0.4 is 10.1 Å². The molecule has 1 N–H and O–H groups in total. The normalized spacial score (nSPS) is 10.6. The molecule has 1 amide bonds. The van der Waals surface area contributed by atoms with Gasteiger partial charge in [-0.1, -0.05) is 43.7 Å². The average molecular weight is 341 g/mol. The minimum atomic E-state index is -0.448. The van der Waals surface area contributed by atoms with Crippen LogP contribution in [0.2, 0.25) is 0 Å². The molecular formula is C21H27NO3. The highest BCUT2D eigenvalue weighted by atomic mass is 16.5. The Balaban J connectivity index is 2.21. The number of anilines is 1. The van der Waals surface area contributed by atoms with Crippen LogP contribution in [0.3, 0.4) is 0 Å². The molecule has 0 heterocycles. The van der Waals surface area contributed by atoms with Gasteiger partial charge in [-0.25, -0.2) is 4.79 Å². The summed E-state index contributed by atoms with van der Waals surface area (Å²) in [5.74, 6) is 1.22. The van der Waals surface area contributed by atoms with Crippen molar-refractivity contribution < 1.29 is 14.3 Å². The van der Waals surface area contributed by atoms with Crippen LogP contribution in [0.5, 0.6) is 5.75 Å². The molecular weight excluding hydrogens is 314 g/mol. The molecule has 2 aromatic carbocycles. The Bertz CT molecular complexity index is 738. The Labute approximate surface area is 150 Å². The largest absolute Gasteiger partial charge is 0.489 e. The summed E-state index contributed by atoms with van der Waals surface area (Å²) in [5, 5.41) is 2.83. The Morgan fingerprint density at radius 1 is 1.12 bits per heavy atom. The van der Waals surface area contributed by atoms with E-state index < -0.39 is 6.09 Å². The highest BCUT2D eigenvalue weighted by molar-refractivity contribution is 5.85. The van der Waals surface area contributed by atoms with Crippen molar-refractivity contribution in [1.29, 1.82) is 0 Å². The lowest BCUT2D eigenvalue weighted by Crippen LogP contribution is -2.15. The third-order valence-electron chi connectivity index (χ3n) is 4.03. The summed E-state index contributed by atoms with van der Waals surface area (Å²) >= 11 is 0. The summed E-state index contributed by atoms with van der Waals surface area (Å²) in [5.41, 5.74) is 5.10. The number of rotatable bonds is 6. The van der Waals surface area contributed by atoms with Crippen molar-refractivity contribution in [2.45, 2.75) is 47.1 Å². The lowest BCUT2D eigenvalue weighted by Gasteiger charge is -2.16. The predicted octanol–water partition coefficient (Wildman–Crippen LogP) is 5.57. The smallest absolute Gasteiger partial charge is 0.411 e. The maximum atomic E-state index is 11.8. The molecule has 0 aliphatic carbocycles. The summed E-state index contributed by atoms with van der Waals surface area (Å²) in [6.07, 6.45) is -0.448. The topological polar surface area (TPSA) is 47.6 Å². The number of carbonyl (C=O) groups is 1. The second kappa shape index (κ2) is 8.56. The van der Waals surface area contributed by atoms with Crippen molar-refractivity contribution in [3.63, 3.8) is 0 Å². The minimum absolute atomic E-state index is 0.337. The molecule has 0 bridgehead atoms. The Kier molecular flexibility index (Phi) is 6.45. The second-order valence-corrected chi connectivity index (χ2v) is 6.47. The number of hydrogen-bond donors (Lipinski definition) is 1. The molecule has 134 valence electrons. The molecule has 0 aliphatic heterocycles. The first kappa shape index (κ1) is 18.8. The number of hydrogen-bond acceptors (Lipinski definition) is 3. The van der Waals surface area contributed by atoms with E-state index in [0.29, 0.717) is 19.1 Å². The molecule has 0 atom stereocenters. The van der Waals surface area contributed by atoms with E-state index in [9.17, 15) is 4.79 Å². The van der Waals surface area contributed by atoms with Crippen LogP contribution in [-0.2, 0) is 11.3 Å². The van der Waals surface area contributed by atoms with Crippen molar-refractivity contribution in [2.24, 2.45) is 0 Å².